The lowest BCUT2D eigenvalue weighted by Crippen LogP contribution is -2.12. The molecule has 1 heterocycles. The maximum Gasteiger partial charge on any atom is 0.325 e. The Balaban J connectivity index is 2.01. The number of benzene rings is 2. The molecule has 0 saturated carbocycles. The summed E-state index contributed by atoms with van der Waals surface area (Å²) in [5.41, 5.74) is 1.13. The molecule has 0 N–H and O–H groups in total. The van der Waals surface area contributed by atoms with E-state index < -0.39 is 21.6 Å². The van der Waals surface area contributed by atoms with Crippen molar-refractivity contribution < 1.29 is 22.3 Å². The van der Waals surface area contributed by atoms with Crippen LogP contribution in [0.15, 0.2) is 59.6 Å². The van der Waals surface area contributed by atoms with Crippen molar-refractivity contribution >= 4 is 26.7 Å². The van der Waals surface area contributed by atoms with Gasteiger partial charge in [-0.2, -0.15) is 0 Å². The van der Waals surface area contributed by atoms with Gasteiger partial charge < -0.3 is 9.30 Å². The third-order valence-corrected chi connectivity index (χ3v) is 5.67. The van der Waals surface area contributed by atoms with Crippen LogP contribution in [0.2, 0.25) is 0 Å². The fraction of sp³-hybridized carbons (Fsp3) is 0.211. The van der Waals surface area contributed by atoms with E-state index >= 15 is 0 Å². The zero-order chi connectivity index (χ0) is 18.7. The normalized spacial score (nSPS) is 11.6. The molecule has 26 heavy (non-hydrogen) atoms. The van der Waals surface area contributed by atoms with Crippen LogP contribution in [0.1, 0.15) is 12.5 Å². The SMILES string of the molecule is CCOC(=O)Cn1cc(S(=O)(=O)Cc2ccc(F)cc2)c2ccccc21. The Labute approximate surface area is 150 Å². The largest absolute Gasteiger partial charge is 0.465 e. The molecule has 0 atom stereocenters. The van der Waals surface area contributed by atoms with Gasteiger partial charge in [-0.05, 0) is 30.7 Å². The molecule has 3 rings (SSSR count). The summed E-state index contributed by atoms with van der Waals surface area (Å²) < 4.78 is 45.4. The van der Waals surface area contributed by atoms with Gasteiger partial charge in [0.25, 0.3) is 0 Å². The highest BCUT2D eigenvalue weighted by atomic mass is 32.2. The smallest absolute Gasteiger partial charge is 0.325 e. The summed E-state index contributed by atoms with van der Waals surface area (Å²) >= 11 is 0. The molecule has 0 saturated heterocycles. The van der Waals surface area contributed by atoms with Crippen LogP contribution >= 0.6 is 0 Å². The Morgan fingerprint density at radius 2 is 1.81 bits per heavy atom. The third kappa shape index (κ3) is 3.77. The van der Waals surface area contributed by atoms with Gasteiger partial charge in [0.2, 0.25) is 0 Å². The first-order valence-corrected chi connectivity index (χ1v) is 9.76. The van der Waals surface area contributed by atoms with E-state index in [2.05, 4.69) is 0 Å². The van der Waals surface area contributed by atoms with E-state index in [9.17, 15) is 17.6 Å². The minimum Gasteiger partial charge on any atom is -0.465 e. The van der Waals surface area contributed by atoms with Crippen LogP contribution in [-0.2, 0) is 31.7 Å². The van der Waals surface area contributed by atoms with Crippen molar-refractivity contribution in [2.45, 2.75) is 24.1 Å². The van der Waals surface area contributed by atoms with E-state index in [0.717, 1.165) is 0 Å². The Bertz CT molecular complexity index is 1040. The summed E-state index contributed by atoms with van der Waals surface area (Å²) in [6, 6.07) is 12.3. The summed E-state index contributed by atoms with van der Waals surface area (Å²) in [5.74, 6) is -1.10. The van der Waals surface area contributed by atoms with Crippen molar-refractivity contribution in [2.24, 2.45) is 0 Å². The van der Waals surface area contributed by atoms with Crippen molar-refractivity contribution in [3.63, 3.8) is 0 Å². The lowest BCUT2D eigenvalue weighted by molar-refractivity contribution is -0.143. The van der Waals surface area contributed by atoms with Gasteiger partial charge in [-0.25, -0.2) is 12.8 Å². The number of halogens is 1. The molecule has 136 valence electrons. The van der Waals surface area contributed by atoms with Gasteiger partial charge in [0.05, 0.1) is 17.3 Å². The highest BCUT2D eigenvalue weighted by molar-refractivity contribution is 7.90. The van der Waals surface area contributed by atoms with Crippen LogP contribution in [0.4, 0.5) is 4.39 Å². The predicted molar refractivity (Wildman–Crippen MR) is 95.9 cm³/mol. The Hall–Kier alpha value is -2.67. The maximum atomic E-state index is 13.0. The van der Waals surface area contributed by atoms with Crippen LogP contribution < -0.4 is 0 Å². The number of fused-ring (bicyclic) bond motifs is 1. The van der Waals surface area contributed by atoms with E-state index in [1.807, 2.05) is 0 Å². The lowest BCUT2D eigenvalue weighted by Gasteiger charge is -2.04. The average molecular weight is 375 g/mol. The Morgan fingerprint density at radius 3 is 2.50 bits per heavy atom. The van der Waals surface area contributed by atoms with Crippen LogP contribution in [0.5, 0.6) is 0 Å². The van der Waals surface area contributed by atoms with Crippen molar-refractivity contribution in [1.29, 1.82) is 0 Å². The molecule has 0 amide bonds. The first-order chi connectivity index (χ1) is 12.4. The molecule has 0 spiro atoms. The molecule has 0 fully saturated rings. The summed E-state index contributed by atoms with van der Waals surface area (Å²) in [4.78, 5) is 12.0. The predicted octanol–water partition coefficient (Wildman–Crippen LogP) is 3.32. The first kappa shape index (κ1) is 18.1. The molecule has 0 radical (unpaired) electrons. The molecule has 0 aliphatic carbocycles. The van der Waals surface area contributed by atoms with Gasteiger partial charge in [-0.3, -0.25) is 4.79 Å². The van der Waals surface area contributed by atoms with Gasteiger partial charge >= 0.3 is 5.97 Å². The Morgan fingerprint density at radius 1 is 1.12 bits per heavy atom. The van der Waals surface area contributed by atoms with Crippen molar-refractivity contribution in [3.05, 3.63) is 66.1 Å². The number of esters is 1. The lowest BCUT2D eigenvalue weighted by atomic mass is 10.2. The van der Waals surface area contributed by atoms with Crippen molar-refractivity contribution in [3.8, 4) is 0 Å². The molecular weight excluding hydrogens is 357 g/mol. The molecule has 7 heteroatoms. The Kier molecular flexibility index (Phi) is 5.08. The zero-order valence-electron chi connectivity index (χ0n) is 14.2. The van der Waals surface area contributed by atoms with E-state index in [1.165, 1.54) is 30.5 Å². The standard InChI is InChI=1S/C19H18FNO4S/c1-2-25-19(22)12-21-11-18(16-5-3-4-6-17(16)21)26(23,24)13-14-7-9-15(20)10-8-14/h3-11H,2,12-13H2,1H3. The zero-order valence-corrected chi connectivity index (χ0v) is 15.0. The molecular formula is C19H18FNO4S. The van der Waals surface area contributed by atoms with Gasteiger partial charge in [0.15, 0.2) is 9.84 Å². The second kappa shape index (κ2) is 7.29. The summed E-state index contributed by atoms with van der Waals surface area (Å²) in [6.07, 6.45) is 1.46. The first-order valence-electron chi connectivity index (χ1n) is 8.11. The number of nitrogens with zero attached hydrogens (tertiary/aromatic N) is 1. The van der Waals surface area contributed by atoms with Gasteiger partial charge in [0.1, 0.15) is 12.4 Å². The molecule has 0 aliphatic heterocycles. The number of ether oxygens (including phenoxy) is 1. The second-order valence-electron chi connectivity index (χ2n) is 5.83. The van der Waals surface area contributed by atoms with Crippen LogP contribution in [-0.4, -0.2) is 25.6 Å². The fourth-order valence-corrected chi connectivity index (χ4v) is 4.40. The summed E-state index contributed by atoms with van der Waals surface area (Å²) in [6.45, 7) is 1.90. The van der Waals surface area contributed by atoms with Crippen LogP contribution in [0.25, 0.3) is 10.9 Å². The third-order valence-electron chi connectivity index (χ3n) is 3.96. The highest BCUT2D eigenvalue weighted by Gasteiger charge is 2.22. The molecule has 0 unspecified atom stereocenters. The molecule has 5 nitrogen and oxygen atoms in total. The van der Waals surface area contributed by atoms with E-state index in [4.69, 9.17) is 4.74 Å². The number of sulfone groups is 1. The van der Waals surface area contributed by atoms with Crippen LogP contribution in [0, 0.1) is 5.82 Å². The van der Waals surface area contributed by atoms with Crippen molar-refractivity contribution in [1.82, 2.24) is 4.57 Å². The number of rotatable bonds is 6. The van der Waals surface area contributed by atoms with E-state index in [0.29, 0.717) is 16.5 Å². The molecule has 2 aromatic carbocycles. The number of para-hydroxylation sites is 1. The number of carbonyl (C=O) groups excluding carboxylic acids is 1. The monoisotopic (exact) mass is 375 g/mol. The quantitative estimate of drug-likeness (QED) is 0.620. The summed E-state index contributed by atoms with van der Waals surface area (Å²) in [7, 11) is -3.68. The maximum absolute atomic E-state index is 13.0. The van der Waals surface area contributed by atoms with Gasteiger partial charge in [-0.15, -0.1) is 0 Å². The molecule has 0 aliphatic rings. The molecule has 1 aromatic heterocycles. The number of carbonyl (C=O) groups is 1. The topological polar surface area (TPSA) is 65.4 Å². The van der Waals surface area contributed by atoms with E-state index in [1.54, 1.807) is 35.8 Å². The average Bonchev–Trinajstić information content (AvgIpc) is 2.97. The molecule has 0 bridgehead atoms. The fourth-order valence-electron chi connectivity index (χ4n) is 2.82. The van der Waals surface area contributed by atoms with Gasteiger partial charge in [0, 0.05) is 17.1 Å². The molecule has 3 aromatic rings. The number of aromatic nitrogens is 1. The van der Waals surface area contributed by atoms with Crippen molar-refractivity contribution in [2.75, 3.05) is 6.61 Å². The number of hydrogen-bond donors (Lipinski definition) is 0. The minimum atomic E-state index is -3.68. The summed E-state index contributed by atoms with van der Waals surface area (Å²) in [5, 5.41) is 0.541. The minimum absolute atomic E-state index is 0.0690. The highest BCUT2D eigenvalue weighted by Crippen LogP contribution is 2.28. The number of hydrogen-bond acceptors (Lipinski definition) is 4. The second-order valence-corrected chi connectivity index (χ2v) is 7.79. The van der Waals surface area contributed by atoms with Crippen LogP contribution in [0.3, 0.4) is 0 Å². The van der Waals surface area contributed by atoms with Gasteiger partial charge in [-0.1, -0.05) is 30.3 Å². The van der Waals surface area contributed by atoms with E-state index in [-0.39, 0.29) is 23.8 Å².